The molecule has 2 unspecified atom stereocenters. The van der Waals surface area contributed by atoms with Crippen LogP contribution in [0.4, 0.5) is 11.4 Å². The van der Waals surface area contributed by atoms with Crippen LogP contribution in [0.2, 0.25) is 0 Å². The summed E-state index contributed by atoms with van der Waals surface area (Å²) >= 11 is 0. The highest BCUT2D eigenvalue weighted by atomic mass is 16.6. The van der Waals surface area contributed by atoms with Crippen molar-refractivity contribution >= 4 is 11.4 Å². The first-order valence-corrected chi connectivity index (χ1v) is 6.85. The summed E-state index contributed by atoms with van der Waals surface area (Å²) in [4.78, 5) is 10.5. The third-order valence-corrected chi connectivity index (χ3v) is 3.77. The summed E-state index contributed by atoms with van der Waals surface area (Å²) in [7, 11) is 1.73. The van der Waals surface area contributed by atoms with Gasteiger partial charge in [-0.1, -0.05) is 19.1 Å². The molecule has 1 aromatic carbocycles. The summed E-state index contributed by atoms with van der Waals surface area (Å²) in [5, 5.41) is 13.8. The first kappa shape index (κ1) is 14.4. The molecular weight excluding hydrogens is 256 g/mol. The molecule has 0 saturated heterocycles. The molecule has 1 aliphatic carbocycles. The fourth-order valence-corrected chi connectivity index (χ4v) is 2.36. The molecule has 0 saturated carbocycles. The highest BCUT2D eigenvalue weighted by Gasteiger charge is 2.19. The molecule has 5 nitrogen and oxygen atoms in total. The molecule has 108 valence electrons. The van der Waals surface area contributed by atoms with E-state index in [1.807, 2.05) is 0 Å². The van der Waals surface area contributed by atoms with Gasteiger partial charge < -0.3 is 10.1 Å². The molecule has 0 aromatic heterocycles. The first-order chi connectivity index (χ1) is 9.60. The standard InChI is InChI=1S/C15H20N2O3/c1-11-5-3-4-6-12(11)10-20-15-8-13(16-2)7-14(9-15)17(18)19/h3-4,7-9,11-12,16H,5-6,10H2,1-2H3. The van der Waals surface area contributed by atoms with Gasteiger partial charge >= 0.3 is 0 Å². The second-order valence-electron chi connectivity index (χ2n) is 5.21. The van der Waals surface area contributed by atoms with E-state index in [0.717, 1.165) is 12.8 Å². The zero-order valence-electron chi connectivity index (χ0n) is 11.8. The van der Waals surface area contributed by atoms with Gasteiger partial charge in [0, 0.05) is 24.9 Å². The molecule has 0 heterocycles. The van der Waals surface area contributed by atoms with Crippen LogP contribution in [0, 0.1) is 22.0 Å². The highest BCUT2D eigenvalue weighted by molar-refractivity contribution is 5.56. The summed E-state index contributed by atoms with van der Waals surface area (Å²) in [6.45, 7) is 2.81. The van der Waals surface area contributed by atoms with Crippen molar-refractivity contribution < 1.29 is 9.66 Å². The minimum atomic E-state index is -0.403. The number of hydrogen-bond acceptors (Lipinski definition) is 4. The lowest BCUT2D eigenvalue weighted by molar-refractivity contribution is -0.384. The quantitative estimate of drug-likeness (QED) is 0.507. The van der Waals surface area contributed by atoms with E-state index in [-0.39, 0.29) is 5.69 Å². The van der Waals surface area contributed by atoms with Crippen LogP contribution in [0.3, 0.4) is 0 Å². The Morgan fingerprint density at radius 3 is 2.75 bits per heavy atom. The average Bonchev–Trinajstić information content (AvgIpc) is 2.46. The lowest BCUT2D eigenvalue weighted by Gasteiger charge is -2.25. The predicted molar refractivity (Wildman–Crippen MR) is 79.2 cm³/mol. The lowest BCUT2D eigenvalue weighted by Crippen LogP contribution is -2.21. The largest absolute Gasteiger partial charge is 0.493 e. The van der Waals surface area contributed by atoms with Gasteiger partial charge in [-0.3, -0.25) is 10.1 Å². The molecule has 5 heteroatoms. The molecule has 0 amide bonds. The van der Waals surface area contributed by atoms with E-state index in [1.165, 1.54) is 12.1 Å². The summed E-state index contributed by atoms with van der Waals surface area (Å²) in [5.41, 5.74) is 0.731. The number of nitrogens with zero attached hydrogens (tertiary/aromatic N) is 1. The van der Waals surface area contributed by atoms with Crippen molar-refractivity contribution in [2.24, 2.45) is 11.8 Å². The summed E-state index contributed by atoms with van der Waals surface area (Å²) < 4.78 is 5.77. The summed E-state index contributed by atoms with van der Waals surface area (Å²) in [5.74, 6) is 1.60. The van der Waals surface area contributed by atoms with Crippen molar-refractivity contribution in [1.82, 2.24) is 0 Å². The van der Waals surface area contributed by atoms with Gasteiger partial charge in [0.15, 0.2) is 0 Å². The zero-order chi connectivity index (χ0) is 14.5. The molecule has 0 aliphatic heterocycles. The van der Waals surface area contributed by atoms with E-state index >= 15 is 0 Å². The summed E-state index contributed by atoms with van der Waals surface area (Å²) in [6.07, 6.45) is 6.47. The molecule has 1 aromatic rings. The Kier molecular flexibility index (Phi) is 4.61. The fraction of sp³-hybridized carbons (Fsp3) is 0.467. The van der Waals surface area contributed by atoms with Gasteiger partial charge in [0.2, 0.25) is 0 Å². The normalized spacial score (nSPS) is 21.5. The number of hydrogen-bond donors (Lipinski definition) is 1. The minimum absolute atomic E-state index is 0.0449. The van der Waals surface area contributed by atoms with E-state index in [0.29, 0.717) is 29.9 Å². The van der Waals surface area contributed by atoms with Crippen LogP contribution in [0.25, 0.3) is 0 Å². The van der Waals surface area contributed by atoms with Crippen LogP contribution >= 0.6 is 0 Å². The van der Waals surface area contributed by atoms with Gasteiger partial charge in [0.25, 0.3) is 5.69 Å². The van der Waals surface area contributed by atoms with Crippen LogP contribution in [0.15, 0.2) is 30.4 Å². The van der Waals surface area contributed by atoms with Gasteiger partial charge in [-0.15, -0.1) is 0 Å². The molecule has 0 bridgehead atoms. The average molecular weight is 276 g/mol. The number of benzene rings is 1. The maximum absolute atomic E-state index is 10.9. The van der Waals surface area contributed by atoms with Crippen LogP contribution in [-0.4, -0.2) is 18.6 Å². The topological polar surface area (TPSA) is 64.4 Å². The molecule has 1 aliphatic rings. The van der Waals surface area contributed by atoms with Gasteiger partial charge in [-0.05, 0) is 24.7 Å². The number of allylic oxidation sites excluding steroid dienone is 2. The van der Waals surface area contributed by atoms with Crippen LogP contribution in [0.5, 0.6) is 5.75 Å². The van der Waals surface area contributed by atoms with E-state index in [9.17, 15) is 10.1 Å². The van der Waals surface area contributed by atoms with Crippen molar-refractivity contribution in [3.05, 3.63) is 40.5 Å². The number of nitrogens with one attached hydrogen (secondary N) is 1. The predicted octanol–water partition coefficient (Wildman–Crippen LogP) is 3.62. The Balaban J connectivity index is 2.06. The first-order valence-electron chi connectivity index (χ1n) is 6.85. The molecule has 0 spiro atoms. The maximum Gasteiger partial charge on any atom is 0.275 e. The Hall–Kier alpha value is -2.04. The van der Waals surface area contributed by atoms with Crippen LogP contribution in [-0.2, 0) is 0 Å². The molecule has 2 rings (SSSR count). The Morgan fingerprint density at radius 1 is 1.35 bits per heavy atom. The smallest absolute Gasteiger partial charge is 0.275 e. The molecule has 0 radical (unpaired) electrons. The Bertz CT molecular complexity index is 514. The fourth-order valence-electron chi connectivity index (χ4n) is 2.36. The van der Waals surface area contributed by atoms with Crippen molar-refractivity contribution in [3.8, 4) is 5.75 Å². The molecular formula is C15H20N2O3. The molecule has 20 heavy (non-hydrogen) atoms. The zero-order valence-corrected chi connectivity index (χ0v) is 11.8. The van der Waals surface area contributed by atoms with Crippen molar-refractivity contribution in [1.29, 1.82) is 0 Å². The number of ether oxygens (including phenoxy) is 1. The van der Waals surface area contributed by atoms with Crippen LogP contribution in [0.1, 0.15) is 19.8 Å². The van der Waals surface area contributed by atoms with Crippen molar-refractivity contribution in [3.63, 3.8) is 0 Å². The number of nitro benzene ring substituents is 1. The second-order valence-corrected chi connectivity index (χ2v) is 5.21. The minimum Gasteiger partial charge on any atom is -0.493 e. The number of nitro groups is 1. The third-order valence-electron chi connectivity index (χ3n) is 3.77. The van der Waals surface area contributed by atoms with E-state index in [1.54, 1.807) is 13.1 Å². The number of anilines is 1. The number of non-ortho nitro benzene ring substituents is 1. The SMILES string of the molecule is CNc1cc(OCC2CC=CCC2C)cc([N+](=O)[O-])c1. The van der Waals surface area contributed by atoms with Gasteiger partial charge in [-0.25, -0.2) is 0 Å². The van der Waals surface area contributed by atoms with E-state index in [4.69, 9.17) is 4.74 Å². The Morgan fingerprint density at radius 2 is 2.10 bits per heavy atom. The van der Waals surface area contributed by atoms with Crippen molar-refractivity contribution in [2.75, 3.05) is 19.0 Å². The monoisotopic (exact) mass is 276 g/mol. The highest BCUT2D eigenvalue weighted by Crippen LogP contribution is 2.29. The van der Waals surface area contributed by atoms with Gasteiger partial charge in [-0.2, -0.15) is 0 Å². The van der Waals surface area contributed by atoms with Gasteiger partial charge in [0.05, 0.1) is 17.6 Å². The summed E-state index contributed by atoms with van der Waals surface area (Å²) in [6, 6.07) is 4.76. The molecule has 2 atom stereocenters. The van der Waals surface area contributed by atoms with Crippen molar-refractivity contribution in [2.45, 2.75) is 19.8 Å². The molecule has 1 N–H and O–H groups in total. The van der Waals surface area contributed by atoms with E-state index in [2.05, 4.69) is 24.4 Å². The van der Waals surface area contributed by atoms with Gasteiger partial charge in [0.1, 0.15) is 5.75 Å². The third kappa shape index (κ3) is 3.50. The second kappa shape index (κ2) is 6.41. The Labute approximate surface area is 118 Å². The maximum atomic E-state index is 10.9. The molecule has 0 fully saturated rings. The van der Waals surface area contributed by atoms with Crippen LogP contribution < -0.4 is 10.1 Å². The lowest BCUT2D eigenvalue weighted by atomic mass is 9.85. The van der Waals surface area contributed by atoms with E-state index < -0.39 is 4.92 Å². The number of rotatable bonds is 5.